The zero-order valence-corrected chi connectivity index (χ0v) is 19.7. The lowest BCUT2D eigenvalue weighted by Gasteiger charge is -2.38. The molecule has 34 heavy (non-hydrogen) atoms. The molecule has 2 aromatic carbocycles. The number of methoxy groups -OCH3 is 2. The Balaban J connectivity index is 1.44. The van der Waals surface area contributed by atoms with Crippen molar-refractivity contribution in [3.8, 4) is 16.9 Å². The van der Waals surface area contributed by atoms with Gasteiger partial charge in [0.25, 0.3) is 5.91 Å². The summed E-state index contributed by atoms with van der Waals surface area (Å²) in [6.45, 7) is 3.28. The first kappa shape index (κ1) is 21.9. The minimum atomic E-state index is -0.0292. The van der Waals surface area contributed by atoms with Gasteiger partial charge in [0.05, 0.1) is 25.1 Å². The zero-order valence-electron chi connectivity index (χ0n) is 19.7. The van der Waals surface area contributed by atoms with Crippen molar-refractivity contribution in [1.29, 1.82) is 0 Å². The maximum absolute atomic E-state index is 12.7. The Morgan fingerprint density at radius 3 is 2.62 bits per heavy atom. The van der Waals surface area contributed by atoms with Crippen LogP contribution in [-0.4, -0.2) is 59.0 Å². The summed E-state index contributed by atoms with van der Waals surface area (Å²) in [5.41, 5.74) is 4.61. The Morgan fingerprint density at radius 1 is 1.09 bits per heavy atom. The van der Waals surface area contributed by atoms with E-state index < -0.39 is 0 Å². The number of hydrogen-bond donors (Lipinski definition) is 1. The number of carbonyl (C=O) groups excluding carboxylic acids is 1. The number of nitrogens with one attached hydrogen (secondary N) is 1. The number of ether oxygens (including phenoxy) is 2. The van der Waals surface area contributed by atoms with Gasteiger partial charge in [0.15, 0.2) is 0 Å². The van der Waals surface area contributed by atoms with Crippen LogP contribution in [0.3, 0.4) is 0 Å². The standard InChI is InChI=1S/C26H27N5O3/c1-16-22(13-28-30(16)2)20-7-5-6-18-12-27-25(11-21(18)20)29-23-9-8-17(10-24(23)34-4)26(32)31-14-19(15-31)33-3/h5-13,19H,14-15H2,1-4H3,(H,27,29). The molecule has 3 heterocycles. The predicted molar refractivity (Wildman–Crippen MR) is 132 cm³/mol. The van der Waals surface area contributed by atoms with E-state index in [2.05, 4.69) is 28.4 Å². The molecule has 0 bridgehead atoms. The summed E-state index contributed by atoms with van der Waals surface area (Å²) in [5.74, 6) is 1.23. The van der Waals surface area contributed by atoms with Gasteiger partial charge in [-0.1, -0.05) is 18.2 Å². The molecule has 0 aliphatic carbocycles. The number of rotatable bonds is 6. The Bertz CT molecular complexity index is 1370. The van der Waals surface area contributed by atoms with Crippen LogP contribution in [0.2, 0.25) is 0 Å². The average molecular weight is 458 g/mol. The van der Waals surface area contributed by atoms with Gasteiger partial charge in [-0.2, -0.15) is 5.10 Å². The van der Waals surface area contributed by atoms with E-state index in [1.807, 2.05) is 48.4 Å². The summed E-state index contributed by atoms with van der Waals surface area (Å²) >= 11 is 0. The van der Waals surface area contributed by atoms with Crippen molar-refractivity contribution in [2.75, 3.05) is 32.6 Å². The highest BCUT2D eigenvalue weighted by Crippen LogP contribution is 2.34. The Labute approximate surface area is 198 Å². The summed E-state index contributed by atoms with van der Waals surface area (Å²) in [7, 11) is 5.20. The number of nitrogens with zero attached hydrogens (tertiary/aromatic N) is 4. The molecule has 4 aromatic rings. The molecule has 8 nitrogen and oxygen atoms in total. The lowest BCUT2D eigenvalue weighted by molar-refractivity contribution is -0.0192. The number of anilines is 2. The molecule has 5 rings (SSSR count). The molecule has 1 saturated heterocycles. The van der Waals surface area contributed by atoms with Crippen LogP contribution in [0.25, 0.3) is 21.9 Å². The fraction of sp³-hybridized carbons (Fsp3) is 0.269. The third-order valence-electron chi connectivity index (χ3n) is 6.47. The molecule has 174 valence electrons. The second kappa shape index (κ2) is 8.79. The van der Waals surface area contributed by atoms with Crippen LogP contribution in [0.5, 0.6) is 5.75 Å². The van der Waals surface area contributed by atoms with E-state index in [9.17, 15) is 4.79 Å². The van der Waals surface area contributed by atoms with Crippen LogP contribution in [0, 0.1) is 6.92 Å². The van der Waals surface area contributed by atoms with Crippen molar-refractivity contribution in [2.45, 2.75) is 13.0 Å². The van der Waals surface area contributed by atoms with E-state index in [1.54, 1.807) is 31.3 Å². The van der Waals surface area contributed by atoms with Crippen molar-refractivity contribution in [1.82, 2.24) is 19.7 Å². The van der Waals surface area contributed by atoms with E-state index >= 15 is 0 Å². The van der Waals surface area contributed by atoms with Crippen molar-refractivity contribution in [3.63, 3.8) is 0 Å². The molecule has 0 atom stereocenters. The summed E-state index contributed by atoms with van der Waals surface area (Å²) in [5, 5.41) is 9.87. The van der Waals surface area contributed by atoms with E-state index in [0.29, 0.717) is 30.2 Å². The Hall–Kier alpha value is -3.91. The highest BCUT2D eigenvalue weighted by Gasteiger charge is 2.31. The van der Waals surface area contributed by atoms with Gasteiger partial charge in [-0.15, -0.1) is 0 Å². The van der Waals surface area contributed by atoms with Gasteiger partial charge in [-0.25, -0.2) is 4.98 Å². The van der Waals surface area contributed by atoms with Crippen molar-refractivity contribution < 1.29 is 14.3 Å². The summed E-state index contributed by atoms with van der Waals surface area (Å²) < 4.78 is 12.7. The number of benzene rings is 2. The number of likely N-dealkylation sites (tertiary alicyclic amines) is 1. The summed E-state index contributed by atoms with van der Waals surface area (Å²) in [4.78, 5) is 19.1. The molecule has 1 aliphatic heterocycles. The number of carbonyl (C=O) groups is 1. The quantitative estimate of drug-likeness (QED) is 0.468. The van der Waals surface area contributed by atoms with Gasteiger partial charge >= 0.3 is 0 Å². The number of aryl methyl sites for hydroxylation is 1. The Kier molecular flexibility index (Phi) is 5.67. The van der Waals surface area contributed by atoms with Gasteiger partial charge in [-0.05, 0) is 42.1 Å². The lowest BCUT2D eigenvalue weighted by atomic mass is 10.00. The third kappa shape index (κ3) is 3.86. The number of hydrogen-bond acceptors (Lipinski definition) is 6. The van der Waals surface area contributed by atoms with Gasteiger partial charge in [0.2, 0.25) is 0 Å². The van der Waals surface area contributed by atoms with Gasteiger partial charge in [0, 0.05) is 55.7 Å². The highest BCUT2D eigenvalue weighted by molar-refractivity contribution is 5.98. The first-order chi connectivity index (χ1) is 16.5. The van der Waals surface area contributed by atoms with E-state index in [4.69, 9.17) is 9.47 Å². The summed E-state index contributed by atoms with van der Waals surface area (Å²) in [6.07, 6.45) is 3.86. The molecular formula is C26H27N5O3. The maximum atomic E-state index is 12.7. The van der Waals surface area contributed by atoms with Gasteiger partial charge in [0.1, 0.15) is 11.6 Å². The normalized spacial score (nSPS) is 13.7. The van der Waals surface area contributed by atoms with E-state index in [0.717, 1.165) is 33.3 Å². The Morgan fingerprint density at radius 2 is 1.91 bits per heavy atom. The van der Waals surface area contributed by atoms with Crippen LogP contribution in [0.4, 0.5) is 11.5 Å². The van der Waals surface area contributed by atoms with Crippen molar-refractivity contribution >= 4 is 28.2 Å². The molecule has 0 spiro atoms. The molecule has 0 unspecified atom stereocenters. The maximum Gasteiger partial charge on any atom is 0.254 e. The van der Waals surface area contributed by atoms with Crippen LogP contribution in [-0.2, 0) is 11.8 Å². The first-order valence-electron chi connectivity index (χ1n) is 11.1. The van der Waals surface area contributed by atoms with Crippen molar-refractivity contribution in [3.05, 3.63) is 66.1 Å². The minimum absolute atomic E-state index is 0.0292. The third-order valence-corrected chi connectivity index (χ3v) is 6.47. The lowest BCUT2D eigenvalue weighted by Crippen LogP contribution is -2.54. The monoisotopic (exact) mass is 457 g/mol. The van der Waals surface area contributed by atoms with Crippen LogP contribution in [0.15, 0.2) is 54.9 Å². The predicted octanol–water partition coefficient (Wildman–Crippen LogP) is 4.17. The topological polar surface area (TPSA) is 81.5 Å². The fourth-order valence-electron chi connectivity index (χ4n) is 4.24. The van der Waals surface area contributed by atoms with Gasteiger partial charge in [-0.3, -0.25) is 9.48 Å². The van der Waals surface area contributed by atoms with Crippen LogP contribution in [0.1, 0.15) is 16.1 Å². The largest absolute Gasteiger partial charge is 0.495 e. The van der Waals surface area contributed by atoms with E-state index in [1.165, 1.54) is 0 Å². The van der Waals surface area contributed by atoms with E-state index in [-0.39, 0.29) is 12.0 Å². The molecule has 1 N–H and O–H groups in total. The molecule has 1 fully saturated rings. The van der Waals surface area contributed by atoms with Crippen LogP contribution < -0.4 is 10.1 Å². The highest BCUT2D eigenvalue weighted by atomic mass is 16.5. The molecular weight excluding hydrogens is 430 g/mol. The smallest absolute Gasteiger partial charge is 0.254 e. The second-order valence-electron chi connectivity index (χ2n) is 8.47. The summed E-state index contributed by atoms with van der Waals surface area (Å²) in [6, 6.07) is 13.6. The number of amides is 1. The molecule has 0 saturated carbocycles. The zero-order chi connectivity index (χ0) is 23.8. The van der Waals surface area contributed by atoms with Crippen molar-refractivity contribution in [2.24, 2.45) is 7.05 Å². The molecule has 1 aliphatic rings. The van der Waals surface area contributed by atoms with Gasteiger partial charge < -0.3 is 19.7 Å². The fourth-order valence-corrected chi connectivity index (χ4v) is 4.24. The first-order valence-corrected chi connectivity index (χ1v) is 11.1. The molecule has 8 heteroatoms. The number of pyridine rings is 1. The second-order valence-corrected chi connectivity index (χ2v) is 8.47. The number of aromatic nitrogens is 3. The minimum Gasteiger partial charge on any atom is -0.495 e. The molecule has 1 amide bonds. The molecule has 2 aromatic heterocycles. The molecule has 0 radical (unpaired) electrons. The number of fused-ring (bicyclic) bond motifs is 1. The SMILES string of the molecule is COc1cc(C(=O)N2CC(OC)C2)ccc1Nc1cc2c(-c3cnn(C)c3C)cccc2cn1. The average Bonchev–Trinajstić information content (AvgIpc) is 3.16. The van der Waals surface area contributed by atoms with Crippen LogP contribution >= 0.6 is 0 Å².